The molecule has 1 aliphatic rings. The van der Waals surface area contributed by atoms with E-state index >= 15 is 0 Å². The summed E-state index contributed by atoms with van der Waals surface area (Å²) in [6.07, 6.45) is 3.90. The van der Waals surface area contributed by atoms with E-state index in [-0.39, 0.29) is 0 Å². The SMILES string of the molecule is CCOc1cc(N2CCCC2c2cccc(N(C)C)c2)ncn1. The highest BCUT2D eigenvalue weighted by Gasteiger charge is 2.27. The molecule has 0 N–H and O–H groups in total. The summed E-state index contributed by atoms with van der Waals surface area (Å²) in [5.74, 6) is 1.59. The Bertz CT molecular complexity index is 659. The Morgan fingerprint density at radius 3 is 2.91 bits per heavy atom. The number of ether oxygens (including phenoxy) is 1. The molecule has 0 bridgehead atoms. The molecule has 5 heteroatoms. The van der Waals surface area contributed by atoms with E-state index in [2.05, 4.69) is 58.1 Å². The Morgan fingerprint density at radius 1 is 1.26 bits per heavy atom. The lowest BCUT2D eigenvalue weighted by Crippen LogP contribution is -2.24. The average Bonchev–Trinajstić information content (AvgIpc) is 3.05. The molecule has 1 fully saturated rings. The average molecular weight is 312 g/mol. The smallest absolute Gasteiger partial charge is 0.218 e. The van der Waals surface area contributed by atoms with Crippen LogP contribution in [0.3, 0.4) is 0 Å². The van der Waals surface area contributed by atoms with Crippen LogP contribution in [0.4, 0.5) is 11.5 Å². The zero-order valence-corrected chi connectivity index (χ0v) is 14.1. The fraction of sp³-hybridized carbons (Fsp3) is 0.444. The summed E-state index contributed by atoms with van der Waals surface area (Å²) in [4.78, 5) is 13.1. The van der Waals surface area contributed by atoms with Gasteiger partial charge in [0.25, 0.3) is 0 Å². The predicted molar refractivity (Wildman–Crippen MR) is 93.3 cm³/mol. The van der Waals surface area contributed by atoms with Crippen molar-refractivity contribution in [2.45, 2.75) is 25.8 Å². The minimum atomic E-state index is 0.360. The van der Waals surface area contributed by atoms with Crippen molar-refractivity contribution in [3.05, 3.63) is 42.2 Å². The van der Waals surface area contributed by atoms with Crippen LogP contribution in [-0.4, -0.2) is 37.2 Å². The number of benzene rings is 1. The van der Waals surface area contributed by atoms with Gasteiger partial charge in [-0.15, -0.1) is 0 Å². The quantitative estimate of drug-likeness (QED) is 0.847. The van der Waals surface area contributed by atoms with Crippen LogP contribution in [0.25, 0.3) is 0 Å². The Labute approximate surface area is 137 Å². The lowest BCUT2D eigenvalue weighted by atomic mass is 10.0. The molecule has 1 saturated heterocycles. The van der Waals surface area contributed by atoms with Crippen LogP contribution in [0.15, 0.2) is 36.7 Å². The summed E-state index contributed by atoms with van der Waals surface area (Å²) in [6, 6.07) is 11.1. The first kappa shape index (κ1) is 15.6. The minimum absolute atomic E-state index is 0.360. The maximum Gasteiger partial charge on any atom is 0.218 e. The molecule has 1 aliphatic heterocycles. The first-order valence-electron chi connectivity index (χ1n) is 8.18. The molecule has 0 radical (unpaired) electrons. The third kappa shape index (κ3) is 3.38. The van der Waals surface area contributed by atoms with Crippen molar-refractivity contribution >= 4 is 11.5 Å². The fourth-order valence-electron chi connectivity index (χ4n) is 3.11. The van der Waals surface area contributed by atoms with E-state index in [1.165, 1.54) is 17.7 Å². The number of hydrogen-bond acceptors (Lipinski definition) is 5. The molecule has 0 spiro atoms. The zero-order chi connectivity index (χ0) is 16.2. The molecule has 1 aromatic heterocycles. The summed E-state index contributed by atoms with van der Waals surface area (Å²) < 4.78 is 5.51. The number of anilines is 2. The Balaban J connectivity index is 1.88. The molecule has 0 aliphatic carbocycles. The summed E-state index contributed by atoms with van der Waals surface area (Å²) in [5, 5.41) is 0. The zero-order valence-electron chi connectivity index (χ0n) is 14.1. The second-order valence-corrected chi connectivity index (χ2v) is 5.99. The van der Waals surface area contributed by atoms with Crippen LogP contribution >= 0.6 is 0 Å². The molecular weight excluding hydrogens is 288 g/mol. The van der Waals surface area contributed by atoms with Crippen molar-refractivity contribution < 1.29 is 4.74 Å². The van der Waals surface area contributed by atoms with E-state index in [4.69, 9.17) is 4.74 Å². The van der Waals surface area contributed by atoms with Crippen molar-refractivity contribution in [2.75, 3.05) is 37.0 Å². The summed E-state index contributed by atoms with van der Waals surface area (Å²) in [7, 11) is 4.15. The highest BCUT2D eigenvalue weighted by Crippen LogP contribution is 2.36. The highest BCUT2D eigenvalue weighted by molar-refractivity contribution is 5.51. The lowest BCUT2D eigenvalue weighted by molar-refractivity contribution is 0.326. The van der Waals surface area contributed by atoms with Gasteiger partial charge in [0.1, 0.15) is 12.1 Å². The summed E-state index contributed by atoms with van der Waals surface area (Å²) in [5.41, 5.74) is 2.57. The van der Waals surface area contributed by atoms with Gasteiger partial charge in [0.15, 0.2) is 0 Å². The van der Waals surface area contributed by atoms with Gasteiger partial charge in [0.05, 0.1) is 12.6 Å². The van der Waals surface area contributed by atoms with E-state index in [0.717, 1.165) is 18.8 Å². The highest BCUT2D eigenvalue weighted by atomic mass is 16.5. The standard InChI is InChI=1S/C18H24N4O/c1-4-23-18-12-17(19-13-20-18)22-10-6-9-16(22)14-7-5-8-15(11-14)21(2)3/h5,7-8,11-13,16H,4,6,9-10H2,1-3H3. The maximum absolute atomic E-state index is 5.51. The van der Waals surface area contributed by atoms with Crippen molar-refractivity contribution in [3.63, 3.8) is 0 Å². The second-order valence-electron chi connectivity index (χ2n) is 5.99. The van der Waals surface area contributed by atoms with Crippen molar-refractivity contribution in [3.8, 4) is 5.88 Å². The van der Waals surface area contributed by atoms with E-state index in [1.807, 2.05) is 13.0 Å². The van der Waals surface area contributed by atoms with Gasteiger partial charge in [0.2, 0.25) is 5.88 Å². The van der Waals surface area contributed by atoms with Crippen molar-refractivity contribution in [2.24, 2.45) is 0 Å². The molecule has 0 amide bonds. The van der Waals surface area contributed by atoms with E-state index in [0.29, 0.717) is 18.5 Å². The molecule has 0 saturated carbocycles. The minimum Gasteiger partial charge on any atom is -0.478 e. The first-order chi connectivity index (χ1) is 11.2. The molecule has 23 heavy (non-hydrogen) atoms. The Hall–Kier alpha value is -2.30. The van der Waals surface area contributed by atoms with Gasteiger partial charge in [-0.1, -0.05) is 12.1 Å². The second kappa shape index (κ2) is 6.86. The van der Waals surface area contributed by atoms with E-state index < -0.39 is 0 Å². The largest absolute Gasteiger partial charge is 0.478 e. The monoisotopic (exact) mass is 312 g/mol. The fourth-order valence-corrected chi connectivity index (χ4v) is 3.11. The number of nitrogens with zero attached hydrogens (tertiary/aromatic N) is 4. The van der Waals surface area contributed by atoms with Crippen LogP contribution in [0.1, 0.15) is 31.4 Å². The van der Waals surface area contributed by atoms with Gasteiger partial charge in [-0.2, -0.15) is 0 Å². The molecule has 1 unspecified atom stereocenters. The van der Waals surface area contributed by atoms with Gasteiger partial charge in [0, 0.05) is 32.4 Å². The van der Waals surface area contributed by atoms with Gasteiger partial charge in [-0.05, 0) is 37.5 Å². The molecule has 2 aromatic rings. The molecule has 5 nitrogen and oxygen atoms in total. The molecule has 1 aromatic carbocycles. The summed E-state index contributed by atoms with van der Waals surface area (Å²) in [6.45, 7) is 3.59. The van der Waals surface area contributed by atoms with Crippen LogP contribution < -0.4 is 14.5 Å². The Morgan fingerprint density at radius 2 is 2.13 bits per heavy atom. The van der Waals surface area contributed by atoms with Gasteiger partial charge >= 0.3 is 0 Å². The predicted octanol–water partition coefficient (Wildman–Crippen LogP) is 3.28. The topological polar surface area (TPSA) is 41.5 Å². The van der Waals surface area contributed by atoms with Gasteiger partial charge in [-0.25, -0.2) is 9.97 Å². The molecule has 2 heterocycles. The third-order valence-electron chi connectivity index (χ3n) is 4.24. The summed E-state index contributed by atoms with van der Waals surface area (Å²) >= 11 is 0. The van der Waals surface area contributed by atoms with E-state index in [1.54, 1.807) is 6.33 Å². The number of rotatable bonds is 5. The van der Waals surface area contributed by atoms with Crippen LogP contribution in [0.2, 0.25) is 0 Å². The maximum atomic E-state index is 5.51. The first-order valence-corrected chi connectivity index (χ1v) is 8.18. The lowest BCUT2D eigenvalue weighted by Gasteiger charge is -2.27. The Kier molecular flexibility index (Phi) is 4.65. The molecular formula is C18H24N4O. The van der Waals surface area contributed by atoms with Crippen LogP contribution in [-0.2, 0) is 0 Å². The molecule has 3 rings (SSSR count). The van der Waals surface area contributed by atoms with E-state index in [9.17, 15) is 0 Å². The molecule has 1 atom stereocenters. The van der Waals surface area contributed by atoms with Crippen LogP contribution in [0, 0.1) is 0 Å². The molecule has 122 valence electrons. The van der Waals surface area contributed by atoms with Crippen LogP contribution in [0.5, 0.6) is 5.88 Å². The van der Waals surface area contributed by atoms with Gasteiger partial charge < -0.3 is 14.5 Å². The number of hydrogen-bond donors (Lipinski definition) is 0. The normalized spacial score (nSPS) is 17.3. The van der Waals surface area contributed by atoms with Gasteiger partial charge in [-0.3, -0.25) is 0 Å². The van der Waals surface area contributed by atoms with Crippen molar-refractivity contribution in [1.29, 1.82) is 0 Å². The third-order valence-corrected chi connectivity index (χ3v) is 4.24. The van der Waals surface area contributed by atoms with Crippen molar-refractivity contribution in [1.82, 2.24) is 9.97 Å². The number of aromatic nitrogens is 2.